The summed E-state index contributed by atoms with van der Waals surface area (Å²) in [5.41, 5.74) is 1.83. The number of nitrogens with zero attached hydrogens (tertiary/aromatic N) is 3. The van der Waals surface area contributed by atoms with Gasteiger partial charge >= 0.3 is 0 Å². The van der Waals surface area contributed by atoms with E-state index in [0.29, 0.717) is 22.8 Å². The molecule has 0 amide bonds. The lowest BCUT2D eigenvalue weighted by Gasteiger charge is -2.15. The van der Waals surface area contributed by atoms with Crippen LogP contribution < -0.4 is 10.6 Å². The quantitative estimate of drug-likeness (QED) is 0.615. The number of anilines is 3. The molecule has 2 aromatic heterocycles. The van der Waals surface area contributed by atoms with Crippen molar-refractivity contribution in [2.24, 2.45) is 0 Å². The van der Waals surface area contributed by atoms with Gasteiger partial charge in [-0.2, -0.15) is 4.98 Å². The number of rotatable bonds is 5. The minimum absolute atomic E-state index is 0.199. The molecule has 7 heteroatoms. The molecule has 0 spiro atoms. The lowest BCUT2D eigenvalue weighted by atomic mass is 10.2. The molecule has 3 aromatic rings. The van der Waals surface area contributed by atoms with E-state index in [1.165, 1.54) is 18.9 Å². The second-order valence-electron chi connectivity index (χ2n) is 6.55. The molecule has 1 aliphatic carbocycles. The summed E-state index contributed by atoms with van der Waals surface area (Å²) in [5, 5.41) is 6.70. The third-order valence-electron chi connectivity index (χ3n) is 4.61. The minimum Gasteiger partial charge on any atom is -0.351 e. The van der Waals surface area contributed by atoms with Gasteiger partial charge in [-0.15, -0.1) is 0 Å². The van der Waals surface area contributed by atoms with E-state index in [2.05, 4.69) is 25.6 Å². The van der Waals surface area contributed by atoms with E-state index in [-0.39, 0.29) is 5.69 Å². The summed E-state index contributed by atoms with van der Waals surface area (Å²) >= 11 is 6.14. The molecule has 138 valence electrons. The number of aromatic nitrogens is 3. The van der Waals surface area contributed by atoms with Crippen molar-refractivity contribution >= 4 is 29.1 Å². The van der Waals surface area contributed by atoms with Crippen LogP contribution in [-0.4, -0.2) is 21.0 Å². The maximum Gasteiger partial charge on any atom is 0.225 e. The number of para-hydroxylation sites is 1. The molecule has 4 rings (SSSR count). The van der Waals surface area contributed by atoms with Crippen LogP contribution in [0.3, 0.4) is 0 Å². The van der Waals surface area contributed by atoms with Crippen LogP contribution in [0.1, 0.15) is 25.7 Å². The van der Waals surface area contributed by atoms with Crippen molar-refractivity contribution in [1.82, 2.24) is 15.0 Å². The molecule has 1 aliphatic rings. The van der Waals surface area contributed by atoms with Crippen LogP contribution in [0.25, 0.3) is 11.3 Å². The molecule has 0 unspecified atom stereocenters. The summed E-state index contributed by atoms with van der Waals surface area (Å²) in [6.07, 6.45) is 8.04. The van der Waals surface area contributed by atoms with Crippen LogP contribution in [0.4, 0.5) is 21.8 Å². The smallest absolute Gasteiger partial charge is 0.225 e. The molecule has 0 bridgehead atoms. The van der Waals surface area contributed by atoms with E-state index in [1.807, 2.05) is 12.1 Å². The van der Waals surface area contributed by atoms with Crippen LogP contribution in [-0.2, 0) is 0 Å². The van der Waals surface area contributed by atoms with Crippen molar-refractivity contribution in [3.8, 4) is 11.3 Å². The van der Waals surface area contributed by atoms with Gasteiger partial charge in [0.05, 0.1) is 16.4 Å². The molecular weight excluding hydrogens is 365 g/mol. The van der Waals surface area contributed by atoms with Crippen LogP contribution in [0, 0.1) is 5.82 Å². The summed E-state index contributed by atoms with van der Waals surface area (Å²) in [5.74, 6) is 0.562. The second kappa shape index (κ2) is 7.88. The molecule has 0 radical (unpaired) electrons. The van der Waals surface area contributed by atoms with Gasteiger partial charge in [0.2, 0.25) is 5.95 Å². The second-order valence-corrected chi connectivity index (χ2v) is 6.95. The fraction of sp³-hybridized carbons (Fsp3) is 0.250. The Morgan fingerprint density at radius 1 is 1.04 bits per heavy atom. The Balaban J connectivity index is 1.71. The average Bonchev–Trinajstić information content (AvgIpc) is 3.18. The van der Waals surface area contributed by atoms with Gasteiger partial charge in [0.1, 0.15) is 11.6 Å². The fourth-order valence-corrected chi connectivity index (χ4v) is 3.45. The molecule has 1 saturated carbocycles. The first-order valence-corrected chi connectivity index (χ1v) is 9.34. The van der Waals surface area contributed by atoms with Crippen LogP contribution in [0.5, 0.6) is 0 Å². The highest BCUT2D eigenvalue weighted by Crippen LogP contribution is 2.30. The number of nitrogens with one attached hydrogen (secondary N) is 2. The van der Waals surface area contributed by atoms with Crippen LogP contribution in [0.2, 0.25) is 5.02 Å². The Morgan fingerprint density at radius 2 is 1.81 bits per heavy atom. The summed E-state index contributed by atoms with van der Waals surface area (Å²) in [7, 11) is 0. The first kappa shape index (κ1) is 17.7. The molecule has 0 saturated heterocycles. The predicted octanol–water partition coefficient (Wildman–Crippen LogP) is 5.43. The van der Waals surface area contributed by atoms with Gasteiger partial charge in [0.25, 0.3) is 0 Å². The Labute approximate surface area is 162 Å². The van der Waals surface area contributed by atoms with Gasteiger partial charge in [0, 0.05) is 30.1 Å². The van der Waals surface area contributed by atoms with Crippen molar-refractivity contribution in [3.63, 3.8) is 0 Å². The first-order valence-electron chi connectivity index (χ1n) is 8.96. The highest BCUT2D eigenvalue weighted by molar-refractivity contribution is 6.33. The maximum absolute atomic E-state index is 14.2. The van der Waals surface area contributed by atoms with Gasteiger partial charge < -0.3 is 10.6 Å². The molecule has 0 aliphatic heterocycles. The van der Waals surface area contributed by atoms with Gasteiger partial charge in [-0.05, 0) is 37.1 Å². The monoisotopic (exact) mass is 383 g/mol. The van der Waals surface area contributed by atoms with Crippen LogP contribution >= 0.6 is 11.6 Å². The fourth-order valence-electron chi connectivity index (χ4n) is 3.24. The lowest BCUT2D eigenvalue weighted by molar-refractivity contribution is 0.632. The first-order chi connectivity index (χ1) is 13.2. The lowest BCUT2D eigenvalue weighted by Crippen LogP contribution is -2.17. The molecule has 1 aromatic carbocycles. The Hall–Kier alpha value is -2.73. The maximum atomic E-state index is 14.2. The van der Waals surface area contributed by atoms with E-state index in [0.717, 1.165) is 24.1 Å². The SMILES string of the molecule is Fc1cccc(Cl)c1Nc1cc(-c2ccncc2)nc(NC2CCCC2)n1. The third kappa shape index (κ3) is 4.17. The summed E-state index contributed by atoms with van der Waals surface area (Å²) in [6.45, 7) is 0. The Kier molecular flexibility index (Phi) is 5.16. The van der Waals surface area contributed by atoms with E-state index in [9.17, 15) is 4.39 Å². The van der Waals surface area contributed by atoms with Gasteiger partial charge in [-0.25, -0.2) is 9.37 Å². The minimum atomic E-state index is -0.433. The van der Waals surface area contributed by atoms with Crippen LogP contribution in [0.15, 0.2) is 48.8 Å². The van der Waals surface area contributed by atoms with Crippen molar-refractivity contribution in [2.75, 3.05) is 10.6 Å². The van der Waals surface area contributed by atoms with Gasteiger partial charge in [-0.1, -0.05) is 30.5 Å². The number of benzene rings is 1. The largest absolute Gasteiger partial charge is 0.351 e. The van der Waals surface area contributed by atoms with E-state index in [4.69, 9.17) is 11.6 Å². The summed E-state index contributed by atoms with van der Waals surface area (Å²) in [4.78, 5) is 13.2. The topological polar surface area (TPSA) is 62.7 Å². The number of hydrogen-bond donors (Lipinski definition) is 2. The summed E-state index contributed by atoms with van der Waals surface area (Å²) < 4.78 is 14.2. The standard InChI is InChI=1S/C20H19ClFN5/c21-15-6-3-7-16(22)19(15)26-18-12-17(13-8-10-23-11-9-13)25-20(27-18)24-14-4-1-2-5-14/h3,6-12,14H,1-2,4-5H2,(H2,24,25,26,27). The Morgan fingerprint density at radius 3 is 2.56 bits per heavy atom. The van der Waals surface area contributed by atoms with Crippen molar-refractivity contribution in [3.05, 3.63) is 59.6 Å². The van der Waals surface area contributed by atoms with E-state index in [1.54, 1.807) is 30.6 Å². The molecule has 0 atom stereocenters. The zero-order valence-electron chi connectivity index (χ0n) is 14.6. The third-order valence-corrected chi connectivity index (χ3v) is 4.92. The van der Waals surface area contributed by atoms with Crippen molar-refractivity contribution in [1.29, 1.82) is 0 Å². The molecular formula is C20H19ClFN5. The molecule has 1 fully saturated rings. The number of pyridine rings is 1. The Bertz CT molecular complexity index is 909. The van der Waals surface area contributed by atoms with E-state index < -0.39 is 5.82 Å². The highest BCUT2D eigenvalue weighted by Gasteiger charge is 2.17. The van der Waals surface area contributed by atoms with Crippen molar-refractivity contribution in [2.45, 2.75) is 31.7 Å². The number of hydrogen-bond acceptors (Lipinski definition) is 5. The predicted molar refractivity (Wildman–Crippen MR) is 106 cm³/mol. The molecule has 27 heavy (non-hydrogen) atoms. The van der Waals surface area contributed by atoms with E-state index >= 15 is 0 Å². The highest BCUT2D eigenvalue weighted by atomic mass is 35.5. The normalized spacial score (nSPS) is 14.3. The zero-order chi connectivity index (χ0) is 18.6. The summed E-state index contributed by atoms with van der Waals surface area (Å²) in [6, 6.07) is 10.5. The van der Waals surface area contributed by atoms with Gasteiger partial charge in [-0.3, -0.25) is 4.98 Å². The van der Waals surface area contributed by atoms with Crippen molar-refractivity contribution < 1.29 is 4.39 Å². The average molecular weight is 384 g/mol. The molecule has 2 N–H and O–H groups in total. The zero-order valence-corrected chi connectivity index (χ0v) is 15.4. The van der Waals surface area contributed by atoms with Gasteiger partial charge in [0.15, 0.2) is 0 Å². The molecule has 5 nitrogen and oxygen atoms in total. The molecule has 2 heterocycles. The number of halogens is 2.